The molecule has 0 aromatic carbocycles. The molecule has 8 nitrogen and oxygen atoms in total. The number of hydrogen-bond donors (Lipinski definition) is 2. The van der Waals surface area contributed by atoms with Gasteiger partial charge in [-0.25, -0.2) is 4.68 Å². The Bertz CT molecular complexity index is 678. The van der Waals surface area contributed by atoms with Crippen LogP contribution in [0.15, 0.2) is 15.7 Å². The van der Waals surface area contributed by atoms with Crippen molar-refractivity contribution in [3.05, 3.63) is 17.7 Å². The molecule has 118 valence electrons. The van der Waals surface area contributed by atoms with E-state index in [1.165, 1.54) is 16.4 Å². The van der Waals surface area contributed by atoms with Crippen molar-refractivity contribution in [2.45, 2.75) is 49.4 Å². The number of carbonyl (C=O) groups excluding carboxylic acids is 1. The third-order valence-electron chi connectivity index (χ3n) is 3.42. The van der Waals surface area contributed by atoms with Crippen LogP contribution in [0.1, 0.15) is 43.7 Å². The monoisotopic (exact) mass is 322 g/mol. The number of nitrogen functional groups attached to an aromatic ring is 1. The second-order valence-corrected chi connectivity index (χ2v) is 6.48. The third kappa shape index (κ3) is 3.08. The molecule has 2 aromatic heterocycles. The Labute approximate surface area is 131 Å². The minimum absolute atomic E-state index is 0.156. The molecule has 1 saturated carbocycles. The number of nitrogens with one attached hydrogen (secondary N) is 1. The Morgan fingerprint density at radius 1 is 1.59 bits per heavy atom. The van der Waals surface area contributed by atoms with Gasteiger partial charge in [0.2, 0.25) is 11.1 Å². The van der Waals surface area contributed by atoms with Crippen LogP contribution >= 0.6 is 11.8 Å². The number of nitrogens with zero attached hydrogens (tertiary/aromatic N) is 4. The fourth-order valence-electron chi connectivity index (χ4n) is 2.07. The van der Waals surface area contributed by atoms with Gasteiger partial charge in [-0.05, 0) is 26.2 Å². The topological polar surface area (TPSA) is 112 Å². The number of aromatic nitrogens is 4. The number of hydrogen-bond acceptors (Lipinski definition) is 7. The Balaban J connectivity index is 1.67. The lowest BCUT2D eigenvalue weighted by molar-refractivity contribution is -0.115. The van der Waals surface area contributed by atoms with Crippen LogP contribution in [-0.2, 0) is 4.79 Å². The lowest BCUT2D eigenvalue weighted by Gasteiger charge is -2.12. The lowest BCUT2D eigenvalue weighted by Crippen LogP contribution is -2.26. The Morgan fingerprint density at radius 3 is 2.95 bits per heavy atom. The first-order valence-electron chi connectivity index (χ1n) is 7.19. The molecule has 0 aliphatic heterocycles. The van der Waals surface area contributed by atoms with E-state index < -0.39 is 0 Å². The van der Waals surface area contributed by atoms with Crippen LogP contribution < -0.4 is 11.2 Å². The van der Waals surface area contributed by atoms with Gasteiger partial charge in [0.15, 0.2) is 11.6 Å². The van der Waals surface area contributed by atoms with Gasteiger partial charge in [-0.15, -0.1) is 10.2 Å². The smallest absolute Gasteiger partial charge is 0.239 e. The van der Waals surface area contributed by atoms with E-state index in [1.807, 2.05) is 6.92 Å². The van der Waals surface area contributed by atoms with Gasteiger partial charge in [-0.2, -0.15) is 0 Å². The number of aryl methyl sites for hydroxylation is 1. The van der Waals surface area contributed by atoms with Crippen molar-refractivity contribution in [2.24, 2.45) is 0 Å². The van der Waals surface area contributed by atoms with Crippen molar-refractivity contribution >= 4 is 23.5 Å². The predicted octanol–water partition coefficient (Wildman–Crippen LogP) is 1.68. The van der Waals surface area contributed by atoms with Gasteiger partial charge in [0.1, 0.15) is 5.76 Å². The van der Waals surface area contributed by atoms with Crippen LogP contribution in [0, 0.1) is 6.92 Å². The number of rotatable bonds is 6. The Hall–Kier alpha value is -2.03. The van der Waals surface area contributed by atoms with E-state index in [0.717, 1.165) is 18.7 Å². The van der Waals surface area contributed by atoms with Crippen molar-refractivity contribution in [3.63, 3.8) is 0 Å². The summed E-state index contributed by atoms with van der Waals surface area (Å²) in [6, 6.07) is 1.67. The second kappa shape index (κ2) is 5.99. The highest BCUT2D eigenvalue weighted by molar-refractivity contribution is 8.00. The molecular formula is C13H18N6O2S. The molecule has 9 heteroatoms. The summed E-state index contributed by atoms with van der Waals surface area (Å²) < 4.78 is 6.43. The first kappa shape index (κ1) is 14.9. The molecule has 2 aromatic rings. The van der Waals surface area contributed by atoms with Crippen molar-refractivity contribution in [3.8, 4) is 0 Å². The summed E-state index contributed by atoms with van der Waals surface area (Å²) in [6.07, 6.45) is 2.84. The Morgan fingerprint density at radius 2 is 2.36 bits per heavy atom. The molecule has 1 aliphatic rings. The summed E-state index contributed by atoms with van der Waals surface area (Å²) in [7, 11) is 0. The van der Waals surface area contributed by atoms with Gasteiger partial charge in [0.05, 0.1) is 5.25 Å². The quantitative estimate of drug-likeness (QED) is 0.614. The number of carbonyl (C=O) groups is 1. The van der Waals surface area contributed by atoms with E-state index in [1.54, 1.807) is 13.0 Å². The van der Waals surface area contributed by atoms with Crippen molar-refractivity contribution in [1.29, 1.82) is 0 Å². The molecule has 0 spiro atoms. The van der Waals surface area contributed by atoms with E-state index in [4.69, 9.17) is 10.4 Å². The van der Waals surface area contributed by atoms with Crippen LogP contribution in [0.3, 0.4) is 0 Å². The molecule has 3 rings (SSSR count). The van der Waals surface area contributed by atoms with Crippen LogP contribution in [-0.4, -0.2) is 31.2 Å². The summed E-state index contributed by atoms with van der Waals surface area (Å²) in [5.74, 6) is 8.13. The molecule has 0 bridgehead atoms. The van der Waals surface area contributed by atoms with Crippen molar-refractivity contribution in [2.75, 3.05) is 11.2 Å². The zero-order chi connectivity index (χ0) is 15.7. The molecule has 2 heterocycles. The van der Waals surface area contributed by atoms with Gasteiger partial charge >= 0.3 is 0 Å². The highest BCUT2D eigenvalue weighted by Crippen LogP contribution is 2.39. The van der Waals surface area contributed by atoms with Gasteiger partial charge in [0.25, 0.3) is 0 Å². The zero-order valence-corrected chi connectivity index (χ0v) is 13.3. The van der Waals surface area contributed by atoms with Gasteiger partial charge in [0, 0.05) is 12.0 Å². The second-order valence-electron chi connectivity index (χ2n) is 5.31. The first-order valence-corrected chi connectivity index (χ1v) is 8.07. The van der Waals surface area contributed by atoms with E-state index >= 15 is 0 Å². The third-order valence-corrected chi connectivity index (χ3v) is 4.74. The normalized spacial score (nSPS) is 15.7. The van der Waals surface area contributed by atoms with Crippen LogP contribution in [0.5, 0.6) is 0 Å². The summed E-state index contributed by atoms with van der Waals surface area (Å²) >= 11 is 1.31. The zero-order valence-electron chi connectivity index (χ0n) is 12.4. The maximum atomic E-state index is 12.3. The molecular weight excluding hydrogens is 304 g/mol. The average Bonchev–Trinajstić information content (AvgIpc) is 3.16. The maximum absolute atomic E-state index is 12.3. The summed E-state index contributed by atoms with van der Waals surface area (Å²) in [6.45, 7) is 3.70. The highest BCUT2D eigenvalue weighted by Gasteiger charge is 2.31. The number of anilines is 1. The first-order chi connectivity index (χ1) is 10.6. The molecule has 1 atom stereocenters. The summed E-state index contributed by atoms with van der Waals surface area (Å²) in [5, 5.41) is 14.9. The van der Waals surface area contributed by atoms with E-state index in [-0.39, 0.29) is 11.2 Å². The van der Waals surface area contributed by atoms with Crippen LogP contribution in [0.2, 0.25) is 0 Å². The SMILES string of the molecule is CC[C@H](Sc1nnc(C2CC2)n1N)C(=O)Nc1cc(C)on1. The van der Waals surface area contributed by atoms with Crippen LogP contribution in [0.25, 0.3) is 0 Å². The minimum atomic E-state index is -0.324. The predicted molar refractivity (Wildman–Crippen MR) is 82.0 cm³/mol. The fourth-order valence-corrected chi connectivity index (χ4v) is 2.95. The number of nitrogens with two attached hydrogens (primary N) is 1. The molecule has 1 fully saturated rings. The van der Waals surface area contributed by atoms with E-state index in [0.29, 0.717) is 29.1 Å². The lowest BCUT2D eigenvalue weighted by atomic mass is 10.3. The van der Waals surface area contributed by atoms with Crippen molar-refractivity contribution < 1.29 is 9.32 Å². The standard InChI is InChI=1S/C13H18N6O2S/c1-3-9(12(20)15-10-6-7(2)21-18-10)22-13-17-16-11(19(13)14)8-4-5-8/h6,8-9H,3-5,14H2,1-2H3,(H,15,18,20)/t9-/m0/s1. The largest absolute Gasteiger partial charge is 0.360 e. The molecule has 0 radical (unpaired) electrons. The molecule has 1 amide bonds. The number of amides is 1. The minimum Gasteiger partial charge on any atom is -0.360 e. The van der Waals surface area contributed by atoms with Crippen molar-refractivity contribution in [1.82, 2.24) is 20.0 Å². The summed E-state index contributed by atoms with van der Waals surface area (Å²) in [5.41, 5.74) is 0. The number of thioether (sulfide) groups is 1. The van der Waals surface area contributed by atoms with Gasteiger partial charge in [-0.1, -0.05) is 23.8 Å². The fraction of sp³-hybridized carbons (Fsp3) is 0.538. The van der Waals surface area contributed by atoms with E-state index in [9.17, 15) is 4.79 Å². The van der Waals surface area contributed by atoms with Gasteiger partial charge < -0.3 is 15.7 Å². The maximum Gasteiger partial charge on any atom is 0.239 e. The van der Waals surface area contributed by atoms with E-state index in [2.05, 4.69) is 20.7 Å². The molecule has 0 unspecified atom stereocenters. The molecule has 22 heavy (non-hydrogen) atoms. The molecule has 1 aliphatic carbocycles. The van der Waals surface area contributed by atoms with Crippen LogP contribution in [0.4, 0.5) is 5.82 Å². The summed E-state index contributed by atoms with van der Waals surface area (Å²) in [4.78, 5) is 12.3. The Kier molecular flexibility index (Phi) is 4.06. The molecule has 0 saturated heterocycles. The molecule has 3 N–H and O–H groups in total. The highest BCUT2D eigenvalue weighted by atomic mass is 32.2. The van der Waals surface area contributed by atoms with Gasteiger partial charge in [-0.3, -0.25) is 4.79 Å². The average molecular weight is 322 g/mol.